The van der Waals surface area contributed by atoms with E-state index in [0.29, 0.717) is 17.7 Å². The van der Waals surface area contributed by atoms with Gasteiger partial charge in [0.05, 0.1) is 6.10 Å². The summed E-state index contributed by atoms with van der Waals surface area (Å²) < 4.78 is 0. The maximum Gasteiger partial charge on any atom is 0.222 e. The zero-order chi connectivity index (χ0) is 11.4. The van der Waals surface area contributed by atoms with E-state index in [1.807, 2.05) is 0 Å². The minimum absolute atomic E-state index is 0.121. The lowest BCUT2D eigenvalue weighted by Gasteiger charge is -2.17. The lowest BCUT2D eigenvalue weighted by Crippen LogP contribution is -2.20. The smallest absolute Gasteiger partial charge is 0.222 e. The van der Waals surface area contributed by atoms with Gasteiger partial charge in [-0.3, -0.25) is 0 Å². The van der Waals surface area contributed by atoms with E-state index in [9.17, 15) is 10.2 Å². The molecule has 6 heteroatoms. The minimum Gasteiger partial charge on any atom is -0.390 e. The molecule has 0 saturated carbocycles. The molecular weight excluding hydrogens is 239 g/mol. The predicted octanol–water partition coefficient (Wildman–Crippen LogP) is 1.46. The lowest BCUT2D eigenvalue weighted by molar-refractivity contribution is 0.0162. The summed E-state index contributed by atoms with van der Waals surface area (Å²) in [5.74, 6) is 0.283. The van der Waals surface area contributed by atoms with Crippen LogP contribution in [-0.4, -0.2) is 32.2 Å². The Morgan fingerprint density at radius 3 is 2.67 bits per heavy atom. The molecule has 1 heterocycles. The number of hydrogen-bond acceptors (Lipinski definition) is 4. The van der Waals surface area contributed by atoms with Crippen molar-refractivity contribution in [3.05, 3.63) is 22.7 Å². The van der Waals surface area contributed by atoms with E-state index >= 15 is 0 Å². The van der Waals surface area contributed by atoms with Crippen LogP contribution >= 0.6 is 23.2 Å². The highest BCUT2D eigenvalue weighted by atomic mass is 35.5. The van der Waals surface area contributed by atoms with Crippen LogP contribution in [0.1, 0.15) is 23.8 Å². The number of alkyl halides is 1. The molecular formula is C9H12Cl2N2O2. The molecule has 1 aromatic heterocycles. The second kappa shape index (κ2) is 5.61. The van der Waals surface area contributed by atoms with Crippen LogP contribution in [0.15, 0.2) is 6.20 Å². The van der Waals surface area contributed by atoms with Gasteiger partial charge in [0, 0.05) is 23.3 Å². The van der Waals surface area contributed by atoms with Crippen LogP contribution in [0.4, 0.5) is 0 Å². The average molecular weight is 251 g/mol. The number of nitrogens with zero attached hydrogens (tertiary/aromatic N) is 2. The van der Waals surface area contributed by atoms with Crippen LogP contribution in [-0.2, 0) is 0 Å². The van der Waals surface area contributed by atoms with Gasteiger partial charge >= 0.3 is 0 Å². The van der Waals surface area contributed by atoms with E-state index in [0.717, 1.165) is 0 Å². The van der Waals surface area contributed by atoms with Gasteiger partial charge in [0.1, 0.15) is 6.10 Å². The van der Waals surface area contributed by atoms with Gasteiger partial charge in [-0.15, -0.1) is 11.6 Å². The fraction of sp³-hybridized carbons (Fsp3) is 0.556. The molecule has 4 nitrogen and oxygen atoms in total. The average Bonchev–Trinajstić information content (AvgIpc) is 2.17. The summed E-state index contributed by atoms with van der Waals surface area (Å²) >= 11 is 11.0. The largest absolute Gasteiger partial charge is 0.390 e. The third kappa shape index (κ3) is 3.28. The first-order valence-corrected chi connectivity index (χ1v) is 5.38. The molecule has 0 aliphatic heterocycles. The third-order valence-corrected chi connectivity index (χ3v) is 2.48. The Labute approximate surface area is 97.9 Å². The van der Waals surface area contributed by atoms with Gasteiger partial charge in [0.2, 0.25) is 5.28 Å². The third-order valence-electron chi connectivity index (χ3n) is 2.08. The van der Waals surface area contributed by atoms with Gasteiger partial charge < -0.3 is 10.2 Å². The lowest BCUT2D eigenvalue weighted by atomic mass is 10.0. The highest BCUT2D eigenvalue weighted by molar-refractivity contribution is 6.28. The van der Waals surface area contributed by atoms with E-state index in [2.05, 4.69) is 9.97 Å². The molecule has 0 radical (unpaired) electrons. The Bertz CT molecular complexity index is 336. The summed E-state index contributed by atoms with van der Waals surface area (Å²) in [4.78, 5) is 7.64. The van der Waals surface area contributed by atoms with Gasteiger partial charge in [-0.25, -0.2) is 9.97 Å². The number of halogens is 2. The maximum atomic E-state index is 9.76. The number of aliphatic hydroxyl groups is 2. The van der Waals surface area contributed by atoms with Crippen molar-refractivity contribution in [1.29, 1.82) is 0 Å². The zero-order valence-electron chi connectivity index (χ0n) is 8.19. The Morgan fingerprint density at radius 1 is 1.47 bits per heavy atom. The van der Waals surface area contributed by atoms with Crippen molar-refractivity contribution in [2.75, 3.05) is 5.88 Å². The summed E-state index contributed by atoms with van der Waals surface area (Å²) in [6.45, 7) is 1.69. The Kier molecular flexibility index (Phi) is 4.73. The standard InChI is InChI=1S/C9H12Cl2N2O2/c1-5-6(4-12-9(11)13-5)8(15)7(14)2-3-10/h4,7-8,14-15H,2-3H2,1H3. The molecule has 15 heavy (non-hydrogen) atoms. The fourth-order valence-corrected chi connectivity index (χ4v) is 1.61. The van der Waals surface area contributed by atoms with Crippen LogP contribution in [0.2, 0.25) is 5.28 Å². The van der Waals surface area contributed by atoms with Crippen LogP contribution < -0.4 is 0 Å². The molecule has 1 rings (SSSR count). The molecule has 2 unspecified atom stereocenters. The van der Waals surface area contributed by atoms with Crippen molar-refractivity contribution in [1.82, 2.24) is 9.97 Å². The van der Waals surface area contributed by atoms with E-state index < -0.39 is 12.2 Å². The zero-order valence-corrected chi connectivity index (χ0v) is 9.70. The van der Waals surface area contributed by atoms with Crippen molar-refractivity contribution in [3.8, 4) is 0 Å². The molecule has 0 aromatic carbocycles. The molecule has 0 aliphatic rings. The molecule has 0 spiro atoms. The predicted molar refractivity (Wildman–Crippen MR) is 58.1 cm³/mol. The molecule has 0 saturated heterocycles. The van der Waals surface area contributed by atoms with Crippen molar-refractivity contribution >= 4 is 23.2 Å². The SMILES string of the molecule is Cc1nc(Cl)ncc1C(O)C(O)CCCl. The highest BCUT2D eigenvalue weighted by Gasteiger charge is 2.20. The van der Waals surface area contributed by atoms with Crippen molar-refractivity contribution in [2.24, 2.45) is 0 Å². The molecule has 0 amide bonds. The van der Waals surface area contributed by atoms with Crippen molar-refractivity contribution in [2.45, 2.75) is 25.6 Å². The Morgan fingerprint density at radius 2 is 2.13 bits per heavy atom. The normalized spacial score (nSPS) is 15.0. The highest BCUT2D eigenvalue weighted by Crippen LogP contribution is 2.21. The summed E-state index contributed by atoms with van der Waals surface area (Å²) in [6, 6.07) is 0. The van der Waals surface area contributed by atoms with Crippen LogP contribution in [0, 0.1) is 6.92 Å². The maximum absolute atomic E-state index is 9.76. The van der Waals surface area contributed by atoms with Gasteiger partial charge in [-0.05, 0) is 24.9 Å². The van der Waals surface area contributed by atoms with E-state index in [1.54, 1.807) is 6.92 Å². The topological polar surface area (TPSA) is 66.2 Å². The fourth-order valence-electron chi connectivity index (χ4n) is 1.22. The monoisotopic (exact) mass is 250 g/mol. The minimum atomic E-state index is -1.03. The summed E-state index contributed by atoms with van der Waals surface area (Å²) in [7, 11) is 0. The Balaban J connectivity index is 2.86. The Hall–Kier alpha value is -0.420. The molecule has 2 N–H and O–H groups in total. The van der Waals surface area contributed by atoms with E-state index in [4.69, 9.17) is 23.2 Å². The quantitative estimate of drug-likeness (QED) is 0.628. The van der Waals surface area contributed by atoms with Crippen LogP contribution in [0.3, 0.4) is 0 Å². The van der Waals surface area contributed by atoms with E-state index in [1.165, 1.54) is 6.20 Å². The summed E-state index contributed by atoms with van der Waals surface area (Å²) in [6.07, 6.45) is -0.218. The number of aryl methyl sites for hydroxylation is 1. The molecule has 0 aliphatic carbocycles. The molecule has 2 atom stereocenters. The van der Waals surface area contributed by atoms with E-state index in [-0.39, 0.29) is 11.2 Å². The number of aromatic nitrogens is 2. The van der Waals surface area contributed by atoms with Gasteiger partial charge in [0.15, 0.2) is 0 Å². The molecule has 0 fully saturated rings. The van der Waals surface area contributed by atoms with Crippen LogP contribution in [0.5, 0.6) is 0 Å². The first-order valence-electron chi connectivity index (χ1n) is 4.47. The first-order chi connectivity index (χ1) is 7.06. The number of aliphatic hydroxyl groups excluding tert-OH is 2. The number of rotatable bonds is 4. The second-order valence-corrected chi connectivity index (χ2v) is 3.89. The molecule has 1 aromatic rings. The number of hydrogen-bond donors (Lipinski definition) is 2. The van der Waals surface area contributed by atoms with Crippen molar-refractivity contribution < 1.29 is 10.2 Å². The van der Waals surface area contributed by atoms with Gasteiger partial charge in [0.25, 0.3) is 0 Å². The first kappa shape index (κ1) is 12.6. The molecule has 0 bridgehead atoms. The van der Waals surface area contributed by atoms with Gasteiger partial charge in [-0.2, -0.15) is 0 Å². The van der Waals surface area contributed by atoms with Crippen molar-refractivity contribution in [3.63, 3.8) is 0 Å². The second-order valence-electron chi connectivity index (χ2n) is 3.17. The summed E-state index contributed by atoms with van der Waals surface area (Å²) in [5.41, 5.74) is 1.02. The summed E-state index contributed by atoms with van der Waals surface area (Å²) in [5, 5.41) is 19.4. The van der Waals surface area contributed by atoms with Gasteiger partial charge in [-0.1, -0.05) is 0 Å². The molecule has 84 valence electrons. The van der Waals surface area contributed by atoms with Crippen LogP contribution in [0.25, 0.3) is 0 Å².